The van der Waals surface area contributed by atoms with E-state index in [1.807, 2.05) is 36.4 Å². The van der Waals surface area contributed by atoms with E-state index in [2.05, 4.69) is 20.3 Å². The van der Waals surface area contributed by atoms with E-state index in [1.54, 1.807) is 19.3 Å². The molecular formula is C20H21N7O2. The van der Waals surface area contributed by atoms with Crippen molar-refractivity contribution in [2.75, 3.05) is 10.3 Å². The Morgan fingerprint density at radius 1 is 1.17 bits per heavy atom. The zero-order chi connectivity index (χ0) is 20.8. The summed E-state index contributed by atoms with van der Waals surface area (Å²) in [5.74, 6) is 5.79. The molecule has 9 heteroatoms. The molecule has 5 N–H and O–H groups in total. The fourth-order valence-corrected chi connectivity index (χ4v) is 2.68. The highest BCUT2D eigenvalue weighted by atomic mass is 16.1. The summed E-state index contributed by atoms with van der Waals surface area (Å²) in [5, 5.41) is 4.38. The molecule has 2 aromatic heterocycles. The largest absolute Gasteiger partial charge is 0.364 e. The first-order valence-electron chi connectivity index (χ1n) is 8.91. The van der Waals surface area contributed by atoms with Gasteiger partial charge in [-0.3, -0.25) is 14.8 Å². The van der Waals surface area contributed by atoms with Crippen LogP contribution in [-0.4, -0.2) is 33.2 Å². The van der Waals surface area contributed by atoms with Gasteiger partial charge in [-0.15, -0.1) is 0 Å². The quantitative estimate of drug-likeness (QED) is 0.301. The molecular weight excluding hydrogens is 370 g/mol. The summed E-state index contributed by atoms with van der Waals surface area (Å²) >= 11 is 0. The number of carbonyl (C=O) groups excluding carboxylic acids is 2. The molecule has 0 aliphatic rings. The van der Waals surface area contributed by atoms with Gasteiger partial charge in [-0.25, -0.2) is 15.8 Å². The van der Waals surface area contributed by atoms with Gasteiger partial charge in [-0.05, 0) is 42.3 Å². The highest BCUT2D eigenvalue weighted by Gasteiger charge is 2.18. The fraction of sp³-hybridized carbons (Fsp3) is 0.150. The van der Waals surface area contributed by atoms with Gasteiger partial charge in [0.05, 0.1) is 12.2 Å². The molecule has 0 unspecified atom stereocenters. The third kappa shape index (κ3) is 4.71. The van der Waals surface area contributed by atoms with Gasteiger partial charge in [0, 0.05) is 24.5 Å². The number of aromatic nitrogens is 3. The number of primary amides is 1. The van der Waals surface area contributed by atoms with Crippen molar-refractivity contribution in [1.82, 2.24) is 15.0 Å². The van der Waals surface area contributed by atoms with Crippen LogP contribution in [0.4, 0.5) is 17.3 Å². The predicted octanol–water partition coefficient (Wildman–Crippen LogP) is 2.04. The van der Waals surface area contributed by atoms with E-state index >= 15 is 0 Å². The van der Waals surface area contributed by atoms with E-state index in [4.69, 9.17) is 11.6 Å². The van der Waals surface area contributed by atoms with Crippen molar-refractivity contribution >= 4 is 29.5 Å². The standard InChI is InChI=1S/C20H21N7O2/c1-13(8-11-28)27(22)17-12-24-18(19(21)29)20(26-17)25-16-4-2-14(3-5-16)15-6-9-23-10-7-15/h2-7,9-13H,8,22H2,1H3,(H2,21,29)(H,25,26)/t13-/m1/s1. The molecule has 1 aromatic carbocycles. The van der Waals surface area contributed by atoms with Crippen LogP contribution < -0.4 is 21.9 Å². The van der Waals surface area contributed by atoms with Gasteiger partial charge in [0.15, 0.2) is 17.3 Å². The summed E-state index contributed by atoms with van der Waals surface area (Å²) in [7, 11) is 0. The number of aldehydes is 1. The summed E-state index contributed by atoms with van der Waals surface area (Å²) in [4.78, 5) is 35.0. The summed E-state index contributed by atoms with van der Waals surface area (Å²) in [6.45, 7) is 1.78. The molecule has 1 amide bonds. The topological polar surface area (TPSA) is 140 Å². The van der Waals surface area contributed by atoms with E-state index < -0.39 is 5.91 Å². The Labute approximate surface area is 167 Å². The first-order chi connectivity index (χ1) is 14.0. The second-order valence-corrected chi connectivity index (χ2v) is 6.39. The van der Waals surface area contributed by atoms with Crippen LogP contribution in [0, 0.1) is 0 Å². The number of rotatable bonds is 8. The second-order valence-electron chi connectivity index (χ2n) is 6.39. The molecule has 3 aromatic rings. The van der Waals surface area contributed by atoms with E-state index in [9.17, 15) is 9.59 Å². The first kappa shape index (κ1) is 19.9. The van der Waals surface area contributed by atoms with Crippen molar-refractivity contribution in [3.63, 3.8) is 0 Å². The number of anilines is 3. The zero-order valence-corrected chi connectivity index (χ0v) is 15.8. The minimum absolute atomic E-state index is 0.0107. The lowest BCUT2D eigenvalue weighted by Crippen LogP contribution is -2.40. The number of pyridine rings is 1. The summed E-state index contributed by atoms with van der Waals surface area (Å²) in [6, 6.07) is 11.1. The Morgan fingerprint density at radius 3 is 2.45 bits per heavy atom. The predicted molar refractivity (Wildman–Crippen MR) is 110 cm³/mol. The lowest BCUT2D eigenvalue weighted by Gasteiger charge is -2.24. The van der Waals surface area contributed by atoms with Gasteiger partial charge in [0.2, 0.25) is 0 Å². The van der Waals surface area contributed by atoms with Gasteiger partial charge in [-0.1, -0.05) is 12.1 Å². The second kappa shape index (κ2) is 8.89. The molecule has 1 atom stereocenters. The number of hydrazine groups is 1. The number of hydrogen-bond acceptors (Lipinski definition) is 8. The summed E-state index contributed by atoms with van der Waals surface area (Å²) in [5.41, 5.74) is 8.16. The minimum atomic E-state index is -0.718. The Bertz CT molecular complexity index is 993. The highest BCUT2D eigenvalue weighted by molar-refractivity contribution is 5.96. The van der Waals surface area contributed by atoms with E-state index in [-0.39, 0.29) is 24.0 Å². The molecule has 0 aliphatic carbocycles. The van der Waals surface area contributed by atoms with Gasteiger partial charge < -0.3 is 15.8 Å². The third-order valence-electron chi connectivity index (χ3n) is 4.33. The first-order valence-corrected chi connectivity index (χ1v) is 8.91. The molecule has 0 radical (unpaired) electrons. The Kier molecular flexibility index (Phi) is 6.10. The maximum Gasteiger partial charge on any atom is 0.271 e. The molecule has 0 spiro atoms. The monoisotopic (exact) mass is 391 g/mol. The van der Waals surface area contributed by atoms with Crippen LogP contribution >= 0.6 is 0 Å². The number of benzene rings is 1. The summed E-state index contributed by atoms with van der Waals surface area (Å²) in [6.07, 6.45) is 5.81. The zero-order valence-electron chi connectivity index (χ0n) is 15.8. The van der Waals surface area contributed by atoms with Crippen LogP contribution in [0.5, 0.6) is 0 Å². The third-order valence-corrected chi connectivity index (χ3v) is 4.33. The van der Waals surface area contributed by atoms with Crippen LogP contribution in [0.1, 0.15) is 23.8 Å². The van der Waals surface area contributed by atoms with Crippen LogP contribution in [0.25, 0.3) is 11.1 Å². The van der Waals surface area contributed by atoms with Crippen molar-refractivity contribution in [3.8, 4) is 11.1 Å². The van der Waals surface area contributed by atoms with Crippen LogP contribution in [-0.2, 0) is 4.79 Å². The van der Waals surface area contributed by atoms with Gasteiger partial charge >= 0.3 is 0 Å². The minimum Gasteiger partial charge on any atom is -0.364 e. The maximum atomic E-state index is 11.8. The van der Waals surface area contributed by atoms with Crippen molar-refractivity contribution in [3.05, 3.63) is 60.7 Å². The highest BCUT2D eigenvalue weighted by Crippen LogP contribution is 2.24. The van der Waals surface area contributed by atoms with Gasteiger partial charge in [0.25, 0.3) is 5.91 Å². The Morgan fingerprint density at radius 2 is 1.83 bits per heavy atom. The number of nitrogens with two attached hydrogens (primary N) is 2. The Balaban J connectivity index is 1.87. The molecule has 9 nitrogen and oxygen atoms in total. The maximum absolute atomic E-state index is 11.8. The lowest BCUT2D eigenvalue weighted by molar-refractivity contribution is -0.108. The molecule has 0 saturated heterocycles. The Hall–Kier alpha value is -3.85. The normalized spacial score (nSPS) is 11.5. The molecule has 0 saturated carbocycles. The number of amides is 1. The van der Waals surface area contributed by atoms with E-state index in [0.29, 0.717) is 11.5 Å². The molecule has 3 rings (SSSR count). The summed E-state index contributed by atoms with van der Waals surface area (Å²) < 4.78 is 0. The average molecular weight is 391 g/mol. The van der Waals surface area contributed by atoms with Crippen molar-refractivity contribution in [2.24, 2.45) is 11.6 Å². The van der Waals surface area contributed by atoms with Gasteiger partial charge in [-0.2, -0.15) is 0 Å². The number of hydrogen-bond donors (Lipinski definition) is 3. The fourth-order valence-electron chi connectivity index (χ4n) is 2.68. The lowest BCUT2D eigenvalue weighted by atomic mass is 10.1. The molecule has 2 heterocycles. The van der Waals surface area contributed by atoms with Crippen molar-refractivity contribution < 1.29 is 9.59 Å². The molecule has 29 heavy (non-hydrogen) atoms. The number of nitrogens with zero attached hydrogens (tertiary/aromatic N) is 4. The van der Waals surface area contributed by atoms with Crippen LogP contribution in [0.3, 0.4) is 0 Å². The van der Waals surface area contributed by atoms with Gasteiger partial charge in [0.1, 0.15) is 6.29 Å². The molecule has 0 aliphatic heterocycles. The number of carbonyl (C=O) groups is 2. The van der Waals surface area contributed by atoms with Crippen LogP contribution in [0.15, 0.2) is 55.0 Å². The van der Waals surface area contributed by atoms with Crippen molar-refractivity contribution in [1.29, 1.82) is 0 Å². The van der Waals surface area contributed by atoms with Crippen molar-refractivity contribution in [2.45, 2.75) is 19.4 Å². The van der Waals surface area contributed by atoms with Crippen LogP contribution in [0.2, 0.25) is 0 Å². The van der Waals surface area contributed by atoms with E-state index in [1.165, 1.54) is 11.2 Å². The van der Waals surface area contributed by atoms with E-state index in [0.717, 1.165) is 17.4 Å². The SMILES string of the molecule is C[C@H](CC=O)N(N)c1cnc(C(N)=O)c(Nc2ccc(-c3ccncc3)cc2)n1. The number of nitrogens with one attached hydrogen (secondary N) is 1. The molecule has 0 fully saturated rings. The average Bonchev–Trinajstić information content (AvgIpc) is 2.74. The molecule has 0 bridgehead atoms. The molecule has 148 valence electrons. The smallest absolute Gasteiger partial charge is 0.271 e.